The van der Waals surface area contributed by atoms with Gasteiger partial charge in [-0.1, -0.05) is 0 Å². The van der Waals surface area contributed by atoms with Crippen LogP contribution >= 0.6 is 0 Å². The summed E-state index contributed by atoms with van der Waals surface area (Å²) in [4.78, 5) is 10.6. The van der Waals surface area contributed by atoms with Crippen LogP contribution in [0.4, 0.5) is 5.82 Å². The maximum Gasteiger partial charge on any atom is 0.262 e. The molecule has 1 saturated heterocycles. The number of methoxy groups -OCH3 is 1. The average molecular weight is 252 g/mol. The number of ether oxygens (including phenoxy) is 2. The molecule has 0 aliphatic carbocycles. The minimum atomic E-state index is 0.203. The molecule has 2 rings (SSSR count). The van der Waals surface area contributed by atoms with Crippen LogP contribution in [0.15, 0.2) is 6.33 Å². The Labute approximate surface area is 107 Å². The van der Waals surface area contributed by atoms with Crippen molar-refractivity contribution in [2.75, 3.05) is 39.6 Å². The van der Waals surface area contributed by atoms with E-state index in [0.29, 0.717) is 17.4 Å². The minimum absolute atomic E-state index is 0.203. The number of piperidine rings is 1. The molecule has 1 fully saturated rings. The number of nitrogens with zero attached hydrogens (tertiary/aromatic N) is 3. The Balaban J connectivity index is 2.09. The van der Waals surface area contributed by atoms with Crippen LogP contribution in [0.2, 0.25) is 0 Å². The van der Waals surface area contributed by atoms with Gasteiger partial charge in [0, 0.05) is 20.1 Å². The van der Waals surface area contributed by atoms with Crippen LogP contribution < -0.4 is 14.8 Å². The molecule has 1 N–H and O–H groups in total. The molecule has 0 bridgehead atoms. The van der Waals surface area contributed by atoms with Gasteiger partial charge in [-0.25, -0.2) is 4.98 Å². The molecule has 1 aromatic rings. The normalized spacial score (nSPS) is 17.5. The lowest BCUT2D eigenvalue weighted by Crippen LogP contribution is -2.35. The summed E-state index contributed by atoms with van der Waals surface area (Å²) in [5.74, 6) is 1.74. The fourth-order valence-electron chi connectivity index (χ4n) is 2.06. The first kappa shape index (κ1) is 12.9. The number of anilines is 1. The summed E-state index contributed by atoms with van der Waals surface area (Å²) in [5.41, 5.74) is 0. The summed E-state index contributed by atoms with van der Waals surface area (Å²) in [6, 6.07) is 0. The van der Waals surface area contributed by atoms with Gasteiger partial charge in [-0.15, -0.1) is 0 Å². The highest BCUT2D eigenvalue weighted by Crippen LogP contribution is 2.32. The topological polar surface area (TPSA) is 59.5 Å². The van der Waals surface area contributed by atoms with Gasteiger partial charge < -0.3 is 19.7 Å². The van der Waals surface area contributed by atoms with Crippen LogP contribution in [0, 0.1) is 0 Å². The Morgan fingerprint density at radius 3 is 2.67 bits per heavy atom. The summed E-state index contributed by atoms with van der Waals surface area (Å²) in [7, 11) is 5.52. The highest BCUT2D eigenvalue weighted by molar-refractivity contribution is 5.54. The minimum Gasteiger partial charge on any atom is -0.489 e. The smallest absolute Gasteiger partial charge is 0.262 e. The van der Waals surface area contributed by atoms with Gasteiger partial charge in [0.2, 0.25) is 5.75 Å². The summed E-state index contributed by atoms with van der Waals surface area (Å²) in [6.07, 6.45) is 3.71. The van der Waals surface area contributed by atoms with E-state index in [1.54, 1.807) is 14.2 Å². The summed E-state index contributed by atoms with van der Waals surface area (Å²) in [5, 5.41) is 2.97. The molecule has 0 spiro atoms. The number of rotatable bonds is 4. The number of nitrogens with one attached hydrogen (secondary N) is 1. The summed E-state index contributed by atoms with van der Waals surface area (Å²) >= 11 is 0. The van der Waals surface area contributed by atoms with E-state index in [1.165, 1.54) is 6.33 Å². The standard InChI is InChI=1S/C12H20N4O2/c1-13-11-10(17-3)12(15-8-14-11)18-9-4-6-16(2)7-5-9/h8-9H,4-7H2,1-3H3,(H,13,14,15). The van der Waals surface area contributed by atoms with Gasteiger partial charge in [0.1, 0.15) is 12.4 Å². The van der Waals surface area contributed by atoms with Gasteiger partial charge in [-0.3, -0.25) is 0 Å². The molecule has 1 aliphatic rings. The van der Waals surface area contributed by atoms with Crippen LogP contribution in [0.1, 0.15) is 12.8 Å². The van der Waals surface area contributed by atoms with Crippen molar-refractivity contribution in [1.29, 1.82) is 0 Å². The van der Waals surface area contributed by atoms with Crippen molar-refractivity contribution in [3.05, 3.63) is 6.33 Å². The molecule has 0 aromatic carbocycles. The molecule has 6 nitrogen and oxygen atoms in total. The maximum absolute atomic E-state index is 5.93. The van der Waals surface area contributed by atoms with Crippen LogP contribution in [0.3, 0.4) is 0 Å². The zero-order chi connectivity index (χ0) is 13.0. The van der Waals surface area contributed by atoms with E-state index >= 15 is 0 Å². The maximum atomic E-state index is 5.93. The Bertz CT molecular complexity index is 392. The monoisotopic (exact) mass is 252 g/mol. The molecule has 18 heavy (non-hydrogen) atoms. The molecule has 0 unspecified atom stereocenters. The SMILES string of the molecule is CNc1ncnc(OC2CCN(C)CC2)c1OC. The first-order valence-corrected chi connectivity index (χ1v) is 6.16. The van der Waals surface area contributed by atoms with Crippen molar-refractivity contribution in [3.8, 4) is 11.6 Å². The van der Waals surface area contributed by atoms with E-state index < -0.39 is 0 Å². The number of aromatic nitrogens is 2. The van der Waals surface area contributed by atoms with Crippen LogP contribution in [0.25, 0.3) is 0 Å². The second kappa shape index (κ2) is 5.86. The van der Waals surface area contributed by atoms with Crippen molar-refractivity contribution >= 4 is 5.82 Å². The number of likely N-dealkylation sites (tertiary alicyclic amines) is 1. The van der Waals surface area contributed by atoms with Gasteiger partial charge >= 0.3 is 0 Å². The molecule has 0 saturated carbocycles. The Hall–Kier alpha value is -1.56. The molecule has 1 aromatic heterocycles. The fourth-order valence-corrected chi connectivity index (χ4v) is 2.06. The molecular weight excluding hydrogens is 232 g/mol. The second-order valence-electron chi connectivity index (χ2n) is 4.43. The largest absolute Gasteiger partial charge is 0.489 e. The third-order valence-electron chi connectivity index (χ3n) is 3.16. The van der Waals surface area contributed by atoms with Crippen molar-refractivity contribution in [3.63, 3.8) is 0 Å². The third kappa shape index (κ3) is 2.81. The van der Waals surface area contributed by atoms with Gasteiger partial charge in [-0.05, 0) is 19.9 Å². The molecule has 100 valence electrons. The lowest BCUT2D eigenvalue weighted by molar-refractivity contribution is 0.106. The first-order valence-electron chi connectivity index (χ1n) is 6.16. The van der Waals surface area contributed by atoms with Crippen LogP contribution in [0.5, 0.6) is 11.6 Å². The van der Waals surface area contributed by atoms with E-state index in [9.17, 15) is 0 Å². The predicted octanol–water partition coefficient (Wildman–Crippen LogP) is 1.000. The van der Waals surface area contributed by atoms with Crippen LogP contribution in [-0.2, 0) is 0 Å². The second-order valence-corrected chi connectivity index (χ2v) is 4.43. The van der Waals surface area contributed by atoms with E-state index in [-0.39, 0.29) is 6.10 Å². The van der Waals surface area contributed by atoms with Gasteiger partial charge in [-0.2, -0.15) is 4.98 Å². The fraction of sp³-hybridized carbons (Fsp3) is 0.667. The third-order valence-corrected chi connectivity index (χ3v) is 3.16. The molecule has 0 amide bonds. The highest BCUT2D eigenvalue weighted by Gasteiger charge is 2.21. The van der Waals surface area contributed by atoms with Crippen molar-refractivity contribution in [2.45, 2.75) is 18.9 Å². The van der Waals surface area contributed by atoms with Crippen molar-refractivity contribution < 1.29 is 9.47 Å². The molecule has 1 aliphatic heterocycles. The lowest BCUT2D eigenvalue weighted by Gasteiger charge is -2.29. The van der Waals surface area contributed by atoms with Crippen LogP contribution in [-0.4, -0.2) is 55.3 Å². The van der Waals surface area contributed by atoms with E-state index in [4.69, 9.17) is 9.47 Å². The molecule has 0 atom stereocenters. The van der Waals surface area contributed by atoms with Crippen molar-refractivity contribution in [2.24, 2.45) is 0 Å². The Kier molecular flexibility index (Phi) is 4.19. The van der Waals surface area contributed by atoms with E-state index in [0.717, 1.165) is 25.9 Å². The average Bonchev–Trinajstić information content (AvgIpc) is 2.41. The quantitative estimate of drug-likeness (QED) is 0.862. The zero-order valence-corrected chi connectivity index (χ0v) is 11.1. The molecule has 0 radical (unpaired) electrons. The molecular formula is C12H20N4O2. The van der Waals surface area contributed by atoms with Gasteiger partial charge in [0.25, 0.3) is 5.88 Å². The number of hydrogen-bond acceptors (Lipinski definition) is 6. The first-order chi connectivity index (χ1) is 8.74. The lowest BCUT2D eigenvalue weighted by atomic mass is 10.1. The van der Waals surface area contributed by atoms with E-state index in [1.807, 2.05) is 0 Å². The zero-order valence-electron chi connectivity index (χ0n) is 11.1. The summed E-state index contributed by atoms with van der Waals surface area (Å²) in [6.45, 7) is 2.11. The van der Waals surface area contributed by atoms with Gasteiger partial charge in [0.05, 0.1) is 7.11 Å². The predicted molar refractivity (Wildman–Crippen MR) is 69.3 cm³/mol. The Morgan fingerprint density at radius 1 is 1.33 bits per heavy atom. The summed E-state index contributed by atoms with van der Waals surface area (Å²) < 4.78 is 11.2. The number of hydrogen-bond donors (Lipinski definition) is 1. The van der Waals surface area contributed by atoms with E-state index in [2.05, 4.69) is 27.2 Å². The molecule has 6 heteroatoms. The van der Waals surface area contributed by atoms with Gasteiger partial charge in [0.15, 0.2) is 5.82 Å². The molecule has 2 heterocycles. The highest BCUT2D eigenvalue weighted by atomic mass is 16.5. The van der Waals surface area contributed by atoms with Crippen molar-refractivity contribution in [1.82, 2.24) is 14.9 Å². The Morgan fingerprint density at radius 2 is 2.06 bits per heavy atom.